The van der Waals surface area contributed by atoms with Gasteiger partial charge in [0.05, 0.1) is 4.92 Å². The molecule has 2 amide bonds. The smallest absolute Gasteiger partial charge is 0.293 e. The van der Waals surface area contributed by atoms with Gasteiger partial charge in [0.2, 0.25) is 5.91 Å². The SMILES string of the molecule is CC(=O)Nc1ccc(OCC(=O)Nc2cc(C)c(C)cc2[N+](=O)[O-])cc1. The molecule has 0 bridgehead atoms. The van der Waals surface area contributed by atoms with Gasteiger partial charge < -0.3 is 15.4 Å². The summed E-state index contributed by atoms with van der Waals surface area (Å²) in [4.78, 5) is 33.6. The van der Waals surface area contributed by atoms with Gasteiger partial charge in [-0.25, -0.2) is 0 Å². The van der Waals surface area contributed by atoms with Gasteiger partial charge >= 0.3 is 0 Å². The third kappa shape index (κ3) is 5.04. The third-order valence-electron chi connectivity index (χ3n) is 3.63. The molecule has 0 fully saturated rings. The lowest BCUT2D eigenvalue weighted by Crippen LogP contribution is -2.21. The second kappa shape index (κ2) is 8.11. The number of hydrogen-bond acceptors (Lipinski definition) is 5. The van der Waals surface area contributed by atoms with Gasteiger partial charge in [-0.05, 0) is 55.3 Å². The molecule has 0 atom stereocenters. The Morgan fingerprint density at radius 3 is 2.27 bits per heavy atom. The van der Waals surface area contributed by atoms with Crippen molar-refractivity contribution in [1.82, 2.24) is 0 Å². The van der Waals surface area contributed by atoms with Crippen LogP contribution in [0.15, 0.2) is 36.4 Å². The molecule has 0 aliphatic carbocycles. The van der Waals surface area contributed by atoms with Crippen molar-refractivity contribution >= 4 is 28.9 Å². The molecule has 0 heterocycles. The zero-order chi connectivity index (χ0) is 19.3. The number of nitrogens with one attached hydrogen (secondary N) is 2. The van der Waals surface area contributed by atoms with Gasteiger partial charge in [-0.3, -0.25) is 19.7 Å². The minimum absolute atomic E-state index is 0.132. The molecule has 2 aromatic rings. The van der Waals surface area contributed by atoms with Gasteiger partial charge in [0.1, 0.15) is 11.4 Å². The number of anilines is 2. The summed E-state index contributed by atoms with van der Waals surface area (Å²) in [5, 5.41) is 16.3. The first-order valence-corrected chi connectivity index (χ1v) is 7.82. The summed E-state index contributed by atoms with van der Waals surface area (Å²) in [7, 11) is 0. The number of nitrogens with zero attached hydrogens (tertiary/aromatic N) is 1. The maximum absolute atomic E-state index is 12.1. The van der Waals surface area contributed by atoms with Crippen molar-refractivity contribution in [3.63, 3.8) is 0 Å². The summed E-state index contributed by atoms with van der Waals surface area (Å²) < 4.78 is 5.36. The molecule has 8 nitrogen and oxygen atoms in total. The number of rotatable bonds is 6. The van der Waals surface area contributed by atoms with E-state index in [-0.39, 0.29) is 23.9 Å². The third-order valence-corrected chi connectivity index (χ3v) is 3.63. The topological polar surface area (TPSA) is 111 Å². The van der Waals surface area contributed by atoms with Crippen LogP contribution >= 0.6 is 0 Å². The molecule has 26 heavy (non-hydrogen) atoms. The van der Waals surface area contributed by atoms with Crippen molar-refractivity contribution < 1.29 is 19.2 Å². The van der Waals surface area contributed by atoms with E-state index in [4.69, 9.17) is 4.74 Å². The summed E-state index contributed by atoms with van der Waals surface area (Å²) in [6.45, 7) is 4.67. The summed E-state index contributed by atoms with van der Waals surface area (Å²) in [5.41, 5.74) is 2.18. The summed E-state index contributed by atoms with van der Waals surface area (Å²) >= 11 is 0. The lowest BCUT2D eigenvalue weighted by molar-refractivity contribution is -0.384. The Labute approximate surface area is 150 Å². The van der Waals surface area contributed by atoms with Crippen LogP contribution in [-0.2, 0) is 9.59 Å². The van der Waals surface area contributed by atoms with Crippen molar-refractivity contribution in [2.75, 3.05) is 17.2 Å². The number of benzene rings is 2. The van der Waals surface area contributed by atoms with Crippen molar-refractivity contribution in [3.8, 4) is 5.75 Å². The van der Waals surface area contributed by atoms with Crippen LogP contribution in [-0.4, -0.2) is 23.3 Å². The molecular weight excluding hydrogens is 338 g/mol. The van der Waals surface area contributed by atoms with Crippen molar-refractivity contribution in [2.45, 2.75) is 20.8 Å². The lowest BCUT2D eigenvalue weighted by atomic mass is 10.1. The van der Waals surface area contributed by atoms with E-state index >= 15 is 0 Å². The highest BCUT2D eigenvalue weighted by atomic mass is 16.6. The number of carbonyl (C=O) groups is 2. The zero-order valence-electron chi connectivity index (χ0n) is 14.7. The maximum atomic E-state index is 12.1. The van der Waals surface area contributed by atoms with Crippen LogP contribution in [0.2, 0.25) is 0 Å². The molecule has 2 aromatic carbocycles. The number of hydrogen-bond donors (Lipinski definition) is 2. The molecule has 136 valence electrons. The van der Waals surface area contributed by atoms with E-state index in [1.165, 1.54) is 13.0 Å². The fraction of sp³-hybridized carbons (Fsp3) is 0.222. The number of aryl methyl sites for hydroxylation is 2. The number of amides is 2. The second-order valence-electron chi connectivity index (χ2n) is 5.75. The Morgan fingerprint density at radius 1 is 1.08 bits per heavy atom. The minimum atomic E-state index is -0.538. The second-order valence-corrected chi connectivity index (χ2v) is 5.75. The normalized spacial score (nSPS) is 10.1. The standard InChI is InChI=1S/C18H19N3O5/c1-11-8-16(17(21(24)25)9-12(11)2)20-18(23)10-26-15-6-4-14(5-7-15)19-13(3)22/h4-9H,10H2,1-3H3,(H,19,22)(H,20,23). The largest absolute Gasteiger partial charge is 0.484 e. The fourth-order valence-corrected chi connectivity index (χ4v) is 2.23. The number of nitro benzene ring substituents is 1. The van der Waals surface area contributed by atoms with E-state index < -0.39 is 10.8 Å². The first-order chi connectivity index (χ1) is 12.3. The van der Waals surface area contributed by atoms with Crippen molar-refractivity contribution in [1.29, 1.82) is 0 Å². The molecule has 0 unspecified atom stereocenters. The Bertz CT molecular complexity index is 847. The predicted octanol–water partition coefficient (Wildman–Crippen LogP) is 3.19. The Kier molecular flexibility index (Phi) is 5.90. The highest BCUT2D eigenvalue weighted by molar-refractivity contribution is 5.94. The highest BCUT2D eigenvalue weighted by Crippen LogP contribution is 2.28. The van der Waals surface area contributed by atoms with Crippen molar-refractivity contribution in [2.24, 2.45) is 0 Å². The van der Waals surface area contributed by atoms with Gasteiger partial charge in [-0.2, -0.15) is 0 Å². The average Bonchev–Trinajstić information content (AvgIpc) is 2.56. The lowest BCUT2D eigenvalue weighted by Gasteiger charge is -2.10. The Morgan fingerprint density at radius 2 is 1.69 bits per heavy atom. The van der Waals surface area contributed by atoms with Crippen LogP contribution in [0.3, 0.4) is 0 Å². The quantitative estimate of drug-likeness (QED) is 0.609. The van der Waals surface area contributed by atoms with Crippen LogP contribution in [0.5, 0.6) is 5.75 Å². The Hall–Kier alpha value is -3.42. The molecule has 0 saturated carbocycles. The summed E-state index contributed by atoms with van der Waals surface area (Å²) in [6.07, 6.45) is 0. The number of carbonyl (C=O) groups excluding carboxylic acids is 2. The first kappa shape index (κ1) is 18.9. The monoisotopic (exact) mass is 357 g/mol. The van der Waals surface area contributed by atoms with Gasteiger partial charge in [-0.15, -0.1) is 0 Å². The van der Waals surface area contributed by atoms with Gasteiger partial charge in [0, 0.05) is 18.7 Å². The summed E-state index contributed by atoms with van der Waals surface area (Å²) in [6, 6.07) is 9.49. The van der Waals surface area contributed by atoms with E-state index in [1.807, 2.05) is 6.92 Å². The van der Waals surface area contributed by atoms with E-state index in [1.54, 1.807) is 37.3 Å². The summed E-state index contributed by atoms with van der Waals surface area (Å²) in [5.74, 6) is -0.265. The molecule has 2 N–H and O–H groups in total. The first-order valence-electron chi connectivity index (χ1n) is 7.82. The van der Waals surface area contributed by atoms with Crippen LogP contribution < -0.4 is 15.4 Å². The van der Waals surface area contributed by atoms with Gasteiger partial charge in [0.15, 0.2) is 6.61 Å². The maximum Gasteiger partial charge on any atom is 0.293 e. The van der Waals surface area contributed by atoms with E-state index in [0.717, 1.165) is 11.1 Å². The van der Waals surface area contributed by atoms with E-state index in [0.29, 0.717) is 11.4 Å². The molecule has 0 radical (unpaired) electrons. The average molecular weight is 357 g/mol. The highest BCUT2D eigenvalue weighted by Gasteiger charge is 2.17. The Balaban J connectivity index is 2.00. The predicted molar refractivity (Wildman–Crippen MR) is 97.4 cm³/mol. The molecule has 2 rings (SSSR count). The van der Waals surface area contributed by atoms with Crippen molar-refractivity contribution in [3.05, 3.63) is 57.6 Å². The molecule has 0 aliphatic heterocycles. The van der Waals surface area contributed by atoms with Crippen LogP contribution in [0.25, 0.3) is 0 Å². The fourth-order valence-electron chi connectivity index (χ4n) is 2.23. The molecule has 0 aromatic heterocycles. The van der Waals surface area contributed by atoms with Gasteiger partial charge in [0.25, 0.3) is 11.6 Å². The number of ether oxygens (including phenoxy) is 1. The minimum Gasteiger partial charge on any atom is -0.484 e. The molecule has 0 aliphatic rings. The zero-order valence-corrected chi connectivity index (χ0v) is 14.7. The molecular formula is C18H19N3O5. The molecule has 0 spiro atoms. The van der Waals surface area contributed by atoms with Gasteiger partial charge in [-0.1, -0.05) is 0 Å². The van der Waals surface area contributed by atoms with Crippen LogP contribution in [0.1, 0.15) is 18.1 Å². The van der Waals surface area contributed by atoms with E-state index in [9.17, 15) is 19.7 Å². The van der Waals surface area contributed by atoms with Crippen LogP contribution in [0, 0.1) is 24.0 Å². The van der Waals surface area contributed by atoms with E-state index in [2.05, 4.69) is 10.6 Å². The number of nitro groups is 1. The molecule has 0 saturated heterocycles. The molecule has 8 heteroatoms. The van der Waals surface area contributed by atoms with Crippen LogP contribution in [0.4, 0.5) is 17.1 Å².